The molecule has 0 aliphatic rings. The summed E-state index contributed by atoms with van der Waals surface area (Å²) in [4.78, 5) is 11.9. The van der Waals surface area contributed by atoms with E-state index in [0.29, 0.717) is 15.6 Å². The number of hydrogen-bond acceptors (Lipinski definition) is 3. The van der Waals surface area contributed by atoms with Crippen LogP contribution in [0.5, 0.6) is 5.75 Å². The lowest BCUT2D eigenvalue weighted by Gasteiger charge is -2.05. The van der Waals surface area contributed by atoms with E-state index in [1.54, 1.807) is 30.3 Å². The van der Waals surface area contributed by atoms with Crippen molar-refractivity contribution in [2.45, 2.75) is 6.61 Å². The summed E-state index contributed by atoms with van der Waals surface area (Å²) >= 11 is 3.21. The second-order valence-electron chi connectivity index (χ2n) is 4.23. The quantitative estimate of drug-likeness (QED) is 0.665. The molecule has 0 radical (unpaired) electrons. The van der Waals surface area contributed by atoms with Crippen LogP contribution in [0.4, 0.5) is 0 Å². The van der Waals surface area contributed by atoms with Crippen LogP contribution in [0.1, 0.15) is 21.5 Å². The molecule has 0 heterocycles. The first-order valence-corrected chi connectivity index (χ1v) is 6.81. The molecule has 0 aromatic heterocycles. The number of halogens is 1. The zero-order valence-electron chi connectivity index (χ0n) is 10.6. The lowest BCUT2D eigenvalue weighted by atomic mass is 10.1. The lowest BCUT2D eigenvalue weighted by molar-refractivity contribution is 0.104. The predicted octanol–water partition coefficient (Wildman–Crippen LogP) is 3.54. The minimum absolute atomic E-state index is 0.0130. The minimum atomic E-state index is -0.265. The van der Waals surface area contributed by atoms with Crippen LogP contribution in [0.3, 0.4) is 0 Å². The number of aromatic hydroxyl groups is 1. The predicted molar refractivity (Wildman–Crippen MR) is 81.5 cm³/mol. The van der Waals surface area contributed by atoms with E-state index in [1.165, 1.54) is 6.08 Å². The van der Waals surface area contributed by atoms with Gasteiger partial charge in [-0.2, -0.15) is 0 Å². The fourth-order valence-corrected chi connectivity index (χ4v) is 2.29. The van der Waals surface area contributed by atoms with Crippen LogP contribution in [-0.2, 0) is 6.61 Å². The van der Waals surface area contributed by atoms with Gasteiger partial charge in [0.15, 0.2) is 5.78 Å². The molecule has 0 atom stereocenters. The Morgan fingerprint density at radius 1 is 1.20 bits per heavy atom. The molecule has 0 aliphatic heterocycles. The Labute approximate surface area is 125 Å². The Morgan fingerprint density at radius 3 is 2.55 bits per heavy atom. The standard InChI is InChI=1S/C16H13BrO3/c17-14-9-11(8-13(10-18)16(14)20)6-7-15(19)12-4-2-1-3-5-12/h1-9,18,20H,10H2/b7-6+. The highest BCUT2D eigenvalue weighted by Crippen LogP contribution is 2.30. The minimum Gasteiger partial charge on any atom is -0.506 e. The van der Waals surface area contributed by atoms with Crippen molar-refractivity contribution >= 4 is 27.8 Å². The van der Waals surface area contributed by atoms with Gasteiger partial charge in [0.2, 0.25) is 0 Å². The van der Waals surface area contributed by atoms with Gasteiger partial charge in [-0.15, -0.1) is 0 Å². The Bertz CT molecular complexity index is 648. The lowest BCUT2D eigenvalue weighted by Crippen LogP contribution is -1.93. The Kier molecular flexibility index (Phi) is 4.71. The molecule has 2 rings (SSSR count). The maximum Gasteiger partial charge on any atom is 0.185 e. The number of phenols is 1. The fraction of sp³-hybridized carbons (Fsp3) is 0.0625. The van der Waals surface area contributed by atoms with E-state index in [1.807, 2.05) is 18.2 Å². The molecule has 0 saturated heterocycles. The highest BCUT2D eigenvalue weighted by atomic mass is 79.9. The first kappa shape index (κ1) is 14.5. The molecule has 0 unspecified atom stereocenters. The van der Waals surface area contributed by atoms with Crippen molar-refractivity contribution in [3.05, 3.63) is 69.7 Å². The maximum atomic E-state index is 11.9. The third-order valence-corrected chi connectivity index (χ3v) is 3.42. The number of ketones is 1. The number of aliphatic hydroxyl groups is 1. The summed E-state index contributed by atoms with van der Waals surface area (Å²) in [5.41, 5.74) is 1.75. The maximum absolute atomic E-state index is 11.9. The van der Waals surface area contributed by atoms with Crippen molar-refractivity contribution in [2.24, 2.45) is 0 Å². The van der Waals surface area contributed by atoms with Gasteiger partial charge in [0, 0.05) is 11.1 Å². The first-order chi connectivity index (χ1) is 9.61. The molecule has 0 amide bonds. The van der Waals surface area contributed by atoms with E-state index in [-0.39, 0.29) is 18.1 Å². The van der Waals surface area contributed by atoms with Gasteiger partial charge in [0.1, 0.15) is 5.75 Å². The van der Waals surface area contributed by atoms with E-state index >= 15 is 0 Å². The topological polar surface area (TPSA) is 57.5 Å². The van der Waals surface area contributed by atoms with E-state index in [4.69, 9.17) is 5.11 Å². The van der Waals surface area contributed by atoms with Crippen molar-refractivity contribution in [3.8, 4) is 5.75 Å². The average Bonchev–Trinajstić information content (AvgIpc) is 2.48. The fourth-order valence-electron chi connectivity index (χ4n) is 1.77. The summed E-state index contributed by atoms with van der Waals surface area (Å²) in [5, 5.41) is 18.8. The number of carbonyl (C=O) groups excluding carboxylic acids is 1. The third-order valence-electron chi connectivity index (χ3n) is 2.82. The molecule has 0 bridgehead atoms. The van der Waals surface area contributed by atoms with Crippen LogP contribution in [0, 0.1) is 0 Å². The summed E-state index contributed by atoms with van der Waals surface area (Å²) in [5.74, 6) is -0.0839. The van der Waals surface area contributed by atoms with Crippen molar-refractivity contribution in [1.29, 1.82) is 0 Å². The summed E-state index contributed by atoms with van der Waals surface area (Å²) in [7, 11) is 0. The van der Waals surface area contributed by atoms with Crippen LogP contribution < -0.4 is 0 Å². The molecule has 3 nitrogen and oxygen atoms in total. The molecule has 0 aliphatic carbocycles. The average molecular weight is 333 g/mol. The highest BCUT2D eigenvalue weighted by molar-refractivity contribution is 9.10. The molecule has 2 N–H and O–H groups in total. The number of hydrogen-bond donors (Lipinski definition) is 2. The van der Waals surface area contributed by atoms with Gasteiger partial charge in [0.25, 0.3) is 0 Å². The van der Waals surface area contributed by atoms with Gasteiger partial charge in [-0.1, -0.05) is 36.4 Å². The largest absolute Gasteiger partial charge is 0.506 e. The normalized spacial score (nSPS) is 10.9. The molecule has 0 spiro atoms. The van der Waals surface area contributed by atoms with E-state index in [9.17, 15) is 9.90 Å². The van der Waals surface area contributed by atoms with Gasteiger partial charge < -0.3 is 10.2 Å². The first-order valence-electron chi connectivity index (χ1n) is 6.01. The molecule has 102 valence electrons. The van der Waals surface area contributed by atoms with E-state index in [0.717, 1.165) is 5.56 Å². The van der Waals surface area contributed by atoms with Crippen LogP contribution in [-0.4, -0.2) is 16.0 Å². The van der Waals surface area contributed by atoms with Crippen molar-refractivity contribution in [1.82, 2.24) is 0 Å². The second-order valence-corrected chi connectivity index (χ2v) is 5.09. The van der Waals surface area contributed by atoms with Gasteiger partial charge in [-0.25, -0.2) is 0 Å². The molecular weight excluding hydrogens is 320 g/mol. The van der Waals surface area contributed by atoms with Crippen LogP contribution >= 0.6 is 15.9 Å². The van der Waals surface area contributed by atoms with Gasteiger partial charge in [0.05, 0.1) is 11.1 Å². The zero-order chi connectivity index (χ0) is 14.5. The summed E-state index contributed by atoms with van der Waals surface area (Å²) in [6.45, 7) is -0.265. The second kappa shape index (κ2) is 6.50. The van der Waals surface area contributed by atoms with Crippen molar-refractivity contribution in [3.63, 3.8) is 0 Å². The molecular formula is C16H13BrO3. The number of aliphatic hydroxyl groups excluding tert-OH is 1. The number of carbonyl (C=O) groups is 1. The smallest absolute Gasteiger partial charge is 0.185 e. The van der Waals surface area contributed by atoms with Crippen molar-refractivity contribution < 1.29 is 15.0 Å². The third kappa shape index (κ3) is 3.35. The van der Waals surface area contributed by atoms with Crippen LogP contribution in [0.15, 0.2) is 53.0 Å². The summed E-state index contributed by atoms with van der Waals surface area (Å²) in [6.07, 6.45) is 3.12. The van der Waals surface area contributed by atoms with Gasteiger partial charge in [-0.3, -0.25) is 4.79 Å². The molecule has 20 heavy (non-hydrogen) atoms. The molecule has 4 heteroatoms. The van der Waals surface area contributed by atoms with Gasteiger partial charge in [-0.05, 0) is 39.7 Å². The number of rotatable bonds is 4. The molecule has 0 fully saturated rings. The Hall–Kier alpha value is -1.91. The van der Waals surface area contributed by atoms with Crippen LogP contribution in [0.2, 0.25) is 0 Å². The van der Waals surface area contributed by atoms with Crippen molar-refractivity contribution in [2.75, 3.05) is 0 Å². The summed E-state index contributed by atoms with van der Waals surface area (Å²) in [6, 6.07) is 12.3. The molecule has 0 saturated carbocycles. The van der Waals surface area contributed by atoms with Gasteiger partial charge >= 0.3 is 0 Å². The Morgan fingerprint density at radius 2 is 1.90 bits per heavy atom. The molecule has 2 aromatic carbocycles. The van der Waals surface area contributed by atoms with Crippen LogP contribution in [0.25, 0.3) is 6.08 Å². The number of benzene rings is 2. The SMILES string of the molecule is O=C(/C=C/c1cc(Br)c(O)c(CO)c1)c1ccccc1. The summed E-state index contributed by atoms with van der Waals surface area (Å²) < 4.78 is 0.482. The number of allylic oxidation sites excluding steroid dienone is 1. The van der Waals surface area contributed by atoms with E-state index in [2.05, 4.69) is 15.9 Å². The molecule has 2 aromatic rings. The Balaban J connectivity index is 2.24. The highest BCUT2D eigenvalue weighted by Gasteiger charge is 2.06. The van der Waals surface area contributed by atoms with E-state index < -0.39 is 0 Å². The monoisotopic (exact) mass is 332 g/mol. The zero-order valence-corrected chi connectivity index (χ0v) is 12.2.